The van der Waals surface area contributed by atoms with Crippen LogP contribution >= 0.6 is 0 Å². The summed E-state index contributed by atoms with van der Waals surface area (Å²) in [7, 11) is 1.64. The number of carbonyl (C=O) groups is 1. The van der Waals surface area contributed by atoms with Gasteiger partial charge in [0, 0.05) is 36.7 Å². The van der Waals surface area contributed by atoms with E-state index in [1.54, 1.807) is 25.6 Å². The molecular weight excluding hydrogens is 328 g/mol. The molecule has 4 rings (SSSR count). The maximum Gasteiger partial charge on any atom is 0.254 e. The highest BCUT2D eigenvalue weighted by Gasteiger charge is 2.27. The molecule has 1 aromatic heterocycles. The summed E-state index contributed by atoms with van der Waals surface area (Å²) in [4.78, 5) is 22.8. The predicted molar refractivity (Wildman–Crippen MR) is 98.3 cm³/mol. The van der Waals surface area contributed by atoms with Crippen molar-refractivity contribution >= 4 is 17.5 Å². The van der Waals surface area contributed by atoms with E-state index in [0.717, 1.165) is 28.1 Å². The van der Waals surface area contributed by atoms with Gasteiger partial charge < -0.3 is 15.0 Å². The summed E-state index contributed by atoms with van der Waals surface area (Å²) < 4.78 is 5.18. The quantitative estimate of drug-likeness (QED) is 0.767. The van der Waals surface area contributed by atoms with Gasteiger partial charge in [0.2, 0.25) is 5.95 Å². The maximum absolute atomic E-state index is 12.6. The van der Waals surface area contributed by atoms with E-state index in [9.17, 15) is 4.79 Å². The number of methoxy groups -OCH3 is 1. The van der Waals surface area contributed by atoms with E-state index < -0.39 is 0 Å². The monoisotopic (exact) mass is 346 g/mol. The zero-order valence-corrected chi connectivity index (χ0v) is 14.3. The number of anilines is 2. The molecule has 6 nitrogen and oxygen atoms in total. The lowest BCUT2D eigenvalue weighted by Crippen LogP contribution is -2.23. The number of amides is 1. The number of hydrogen-bond acceptors (Lipinski definition) is 5. The van der Waals surface area contributed by atoms with E-state index in [1.165, 1.54) is 0 Å². The van der Waals surface area contributed by atoms with Crippen molar-refractivity contribution in [3.05, 3.63) is 77.6 Å². The van der Waals surface area contributed by atoms with Crippen LogP contribution in [0.4, 0.5) is 11.6 Å². The van der Waals surface area contributed by atoms with E-state index in [4.69, 9.17) is 4.74 Å². The van der Waals surface area contributed by atoms with Crippen LogP contribution in [0.1, 0.15) is 21.5 Å². The van der Waals surface area contributed by atoms with Gasteiger partial charge in [-0.15, -0.1) is 0 Å². The Kier molecular flexibility index (Phi) is 4.23. The van der Waals surface area contributed by atoms with Crippen LogP contribution in [0.5, 0.6) is 5.75 Å². The Bertz CT molecular complexity index is 926. The molecule has 0 aliphatic carbocycles. The van der Waals surface area contributed by atoms with Crippen molar-refractivity contribution in [2.75, 3.05) is 12.4 Å². The Labute approximate surface area is 151 Å². The zero-order chi connectivity index (χ0) is 17.9. The number of hydrogen-bond donors (Lipinski definition) is 1. The molecule has 1 amide bonds. The second kappa shape index (κ2) is 6.84. The number of ether oxygens (including phenoxy) is 1. The summed E-state index contributed by atoms with van der Waals surface area (Å²) in [5.41, 5.74) is 3.69. The van der Waals surface area contributed by atoms with Crippen LogP contribution in [-0.4, -0.2) is 27.9 Å². The van der Waals surface area contributed by atoms with Crippen LogP contribution in [0.25, 0.3) is 0 Å². The lowest BCUT2D eigenvalue weighted by atomic mass is 10.1. The fourth-order valence-corrected chi connectivity index (χ4v) is 3.03. The number of rotatable bonds is 5. The summed E-state index contributed by atoms with van der Waals surface area (Å²) >= 11 is 0. The summed E-state index contributed by atoms with van der Waals surface area (Å²) in [6.45, 7) is 1.16. The van der Waals surface area contributed by atoms with Crippen molar-refractivity contribution in [3.63, 3.8) is 0 Å². The second-order valence-electron chi connectivity index (χ2n) is 6.08. The average Bonchev–Trinajstić information content (AvgIpc) is 2.98. The first-order valence-electron chi connectivity index (χ1n) is 8.32. The van der Waals surface area contributed by atoms with Gasteiger partial charge in [0.1, 0.15) is 5.75 Å². The normalized spacial score (nSPS) is 12.8. The minimum Gasteiger partial charge on any atom is -0.497 e. The Morgan fingerprint density at radius 2 is 1.88 bits per heavy atom. The van der Waals surface area contributed by atoms with Gasteiger partial charge in [-0.25, -0.2) is 9.97 Å². The third-order valence-electron chi connectivity index (χ3n) is 4.34. The summed E-state index contributed by atoms with van der Waals surface area (Å²) in [6, 6.07) is 15.3. The fraction of sp³-hybridized carbons (Fsp3) is 0.150. The molecule has 0 saturated heterocycles. The van der Waals surface area contributed by atoms with Gasteiger partial charge in [0.15, 0.2) is 0 Å². The second-order valence-corrected chi connectivity index (χ2v) is 6.08. The largest absolute Gasteiger partial charge is 0.497 e. The maximum atomic E-state index is 12.6. The molecule has 1 N–H and O–H groups in total. The Balaban J connectivity index is 1.49. The van der Waals surface area contributed by atoms with Crippen LogP contribution < -0.4 is 10.1 Å². The molecule has 0 unspecified atom stereocenters. The lowest BCUT2D eigenvalue weighted by molar-refractivity contribution is 0.0766. The fourth-order valence-electron chi connectivity index (χ4n) is 3.03. The van der Waals surface area contributed by atoms with Crippen LogP contribution in [0.3, 0.4) is 0 Å². The molecule has 1 aliphatic rings. The molecule has 2 aromatic carbocycles. The molecule has 1 aliphatic heterocycles. The van der Waals surface area contributed by atoms with Gasteiger partial charge in [-0.3, -0.25) is 4.79 Å². The first-order chi connectivity index (χ1) is 12.7. The van der Waals surface area contributed by atoms with Crippen LogP contribution in [-0.2, 0) is 13.1 Å². The topological polar surface area (TPSA) is 67.3 Å². The molecule has 3 aromatic rings. The molecule has 2 heterocycles. The highest BCUT2D eigenvalue weighted by atomic mass is 16.5. The number of fused-ring (bicyclic) bond motifs is 1. The predicted octanol–water partition coefficient (Wildman–Crippen LogP) is 3.38. The molecule has 6 heteroatoms. The molecule has 0 radical (unpaired) electrons. The number of aromatic nitrogens is 2. The van der Waals surface area contributed by atoms with Crippen molar-refractivity contribution in [1.29, 1.82) is 0 Å². The van der Waals surface area contributed by atoms with Gasteiger partial charge >= 0.3 is 0 Å². The minimum atomic E-state index is 0.0540. The highest BCUT2D eigenvalue weighted by molar-refractivity contribution is 5.98. The lowest BCUT2D eigenvalue weighted by Gasteiger charge is -2.15. The first kappa shape index (κ1) is 16.1. The standard InChI is InChI=1S/C20H18N4O2/c1-26-17-6-3-14(4-7-17)12-24-13-15-11-16(5-8-18(15)19(24)25)23-20-21-9-2-10-22-20/h2-11H,12-13H2,1H3,(H,21,22,23). The molecule has 0 fully saturated rings. The van der Waals surface area contributed by atoms with Crippen molar-refractivity contribution < 1.29 is 9.53 Å². The third kappa shape index (κ3) is 3.21. The number of benzene rings is 2. The van der Waals surface area contributed by atoms with Crippen molar-refractivity contribution in [1.82, 2.24) is 14.9 Å². The SMILES string of the molecule is COc1ccc(CN2Cc3cc(Nc4ncccn4)ccc3C2=O)cc1. The average molecular weight is 346 g/mol. The van der Waals surface area contributed by atoms with E-state index in [0.29, 0.717) is 19.0 Å². The van der Waals surface area contributed by atoms with E-state index >= 15 is 0 Å². The van der Waals surface area contributed by atoms with Gasteiger partial charge in [-0.05, 0) is 47.5 Å². The molecule has 0 bridgehead atoms. The molecule has 26 heavy (non-hydrogen) atoms. The smallest absolute Gasteiger partial charge is 0.254 e. The van der Waals surface area contributed by atoms with Crippen LogP contribution in [0, 0.1) is 0 Å². The number of nitrogens with one attached hydrogen (secondary N) is 1. The van der Waals surface area contributed by atoms with Crippen LogP contribution in [0.15, 0.2) is 60.9 Å². The Morgan fingerprint density at radius 1 is 1.12 bits per heavy atom. The molecule has 0 atom stereocenters. The number of nitrogens with zero attached hydrogens (tertiary/aromatic N) is 3. The third-order valence-corrected chi connectivity index (χ3v) is 4.34. The van der Waals surface area contributed by atoms with Crippen molar-refractivity contribution in [3.8, 4) is 5.75 Å². The minimum absolute atomic E-state index is 0.0540. The first-order valence-corrected chi connectivity index (χ1v) is 8.32. The van der Waals surface area contributed by atoms with Gasteiger partial charge in [-0.2, -0.15) is 0 Å². The summed E-state index contributed by atoms with van der Waals surface area (Å²) in [5, 5.41) is 3.16. The van der Waals surface area contributed by atoms with E-state index in [2.05, 4.69) is 15.3 Å². The molecule has 130 valence electrons. The summed E-state index contributed by atoms with van der Waals surface area (Å²) in [6.07, 6.45) is 3.37. The Hall–Kier alpha value is -3.41. The van der Waals surface area contributed by atoms with Crippen molar-refractivity contribution in [2.24, 2.45) is 0 Å². The Morgan fingerprint density at radius 3 is 2.62 bits per heavy atom. The van der Waals surface area contributed by atoms with Gasteiger partial charge in [-0.1, -0.05) is 12.1 Å². The van der Waals surface area contributed by atoms with Crippen LogP contribution in [0.2, 0.25) is 0 Å². The zero-order valence-electron chi connectivity index (χ0n) is 14.3. The summed E-state index contributed by atoms with van der Waals surface area (Å²) in [5.74, 6) is 1.40. The van der Waals surface area contributed by atoms with Gasteiger partial charge in [0.05, 0.1) is 7.11 Å². The molecule has 0 saturated carbocycles. The van der Waals surface area contributed by atoms with Crippen molar-refractivity contribution in [2.45, 2.75) is 13.1 Å². The van der Waals surface area contributed by atoms with E-state index in [-0.39, 0.29) is 5.91 Å². The van der Waals surface area contributed by atoms with Gasteiger partial charge in [0.25, 0.3) is 5.91 Å². The highest BCUT2D eigenvalue weighted by Crippen LogP contribution is 2.28. The molecule has 0 spiro atoms. The van der Waals surface area contributed by atoms with E-state index in [1.807, 2.05) is 47.4 Å². The number of carbonyl (C=O) groups excluding carboxylic acids is 1. The molecular formula is C20H18N4O2.